The fraction of sp³-hybridized carbons (Fsp3) is 0.526. The Kier molecular flexibility index (Phi) is 7.48. The third-order valence-corrected chi connectivity index (χ3v) is 8.19. The Balaban J connectivity index is 1.57. The fourth-order valence-corrected chi connectivity index (χ4v) is 5.27. The van der Waals surface area contributed by atoms with Crippen LogP contribution in [0.2, 0.25) is 0 Å². The maximum atomic E-state index is 11.8. The van der Waals surface area contributed by atoms with Crippen LogP contribution in [0, 0.1) is 0 Å². The van der Waals surface area contributed by atoms with Crippen LogP contribution < -0.4 is 5.32 Å². The van der Waals surface area contributed by atoms with Gasteiger partial charge >= 0.3 is 5.97 Å². The first kappa shape index (κ1) is 22.7. The summed E-state index contributed by atoms with van der Waals surface area (Å²) < 4.78 is 30.4. The number of hydrogen-bond donors (Lipinski definition) is 1. The quantitative estimate of drug-likeness (QED) is 0.488. The minimum Gasteiger partial charge on any atom is -0.465 e. The molecule has 0 atom stereocenters. The van der Waals surface area contributed by atoms with Gasteiger partial charge in [-0.1, -0.05) is 6.92 Å². The predicted octanol–water partition coefficient (Wildman–Crippen LogP) is 2.74. The van der Waals surface area contributed by atoms with Crippen LogP contribution in [0.5, 0.6) is 0 Å². The van der Waals surface area contributed by atoms with Gasteiger partial charge in [-0.3, -0.25) is 0 Å². The Morgan fingerprint density at radius 1 is 1.40 bits per heavy atom. The highest BCUT2D eigenvalue weighted by Gasteiger charge is 2.26. The van der Waals surface area contributed by atoms with Gasteiger partial charge in [0, 0.05) is 43.7 Å². The number of aryl methyl sites for hydroxylation is 1. The number of aromatic nitrogens is 2. The van der Waals surface area contributed by atoms with Crippen molar-refractivity contribution in [2.75, 3.05) is 37.0 Å². The zero-order valence-corrected chi connectivity index (χ0v) is 19.5. The van der Waals surface area contributed by atoms with Crippen LogP contribution in [-0.2, 0) is 21.1 Å². The largest absolute Gasteiger partial charge is 0.465 e. The monoisotopic (exact) mass is 470 g/mol. The van der Waals surface area contributed by atoms with E-state index in [1.54, 1.807) is 13.1 Å². The third-order valence-electron chi connectivity index (χ3n) is 5.26. The molecule has 0 amide bonds. The number of ether oxygens (including phenoxy) is 1. The van der Waals surface area contributed by atoms with E-state index in [4.69, 9.17) is 17.0 Å². The second-order valence-electron chi connectivity index (χ2n) is 7.06. The number of imidazole rings is 1. The van der Waals surface area contributed by atoms with Gasteiger partial charge < -0.3 is 19.5 Å². The molecule has 164 valence electrons. The van der Waals surface area contributed by atoms with Crippen LogP contribution in [0.4, 0.5) is 5.69 Å². The van der Waals surface area contributed by atoms with Crippen LogP contribution >= 0.6 is 23.6 Å². The Labute approximate surface area is 186 Å². The molecule has 0 spiro atoms. The highest BCUT2D eigenvalue weighted by Crippen LogP contribution is 2.28. The van der Waals surface area contributed by atoms with Crippen molar-refractivity contribution in [2.45, 2.75) is 32.2 Å². The summed E-state index contributed by atoms with van der Waals surface area (Å²) in [4.78, 5) is 18.9. The van der Waals surface area contributed by atoms with Gasteiger partial charge in [-0.2, -0.15) is 0 Å². The minimum absolute atomic E-state index is 0.128. The normalized spacial score (nSPS) is 15.2. The zero-order valence-electron chi connectivity index (χ0n) is 17.0. The van der Waals surface area contributed by atoms with E-state index in [2.05, 4.69) is 15.2 Å². The van der Waals surface area contributed by atoms with E-state index < -0.39 is 9.84 Å². The molecule has 3 heterocycles. The van der Waals surface area contributed by atoms with Crippen LogP contribution in [0.1, 0.15) is 41.2 Å². The summed E-state index contributed by atoms with van der Waals surface area (Å²) in [5, 5.41) is 5.56. The lowest BCUT2D eigenvalue weighted by molar-refractivity contribution is 0.0607. The first-order chi connectivity index (χ1) is 14.3. The number of nitrogens with one attached hydrogen (secondary N) is 1. The number of methoxy groups -OCH3 is 1. The number of piperidine rings is 1. The number of sulfone groups is 1. The summed E-state index contributed by atoms with van der Waals surface area (Å²) in [6, 6.07) is 1.82. The zero-order chi connectivity index (χ0) is 21.7. The maximum Gasteiger partial charge on any atom is 0.350 e. The average molecular weight is 471 g/mol. The molecule has 0 aliphatic carbocycles. The van der Waals surface area contributed by atoms with Gasteiger partial charge in [0.15, 0.2) is 14.9 Å². The van der Waals surface area contributed by atoms with Crippen molar-refractivity contribution in [1.29, 1.82) is 0 Å². The number of thiophene rings is 1. The van der Waals surface area contributed by atoms with Crippen molar-refractivity contribution >= 4 is 50.2 Å². The lowest BCUT2D eigenvalue weighted by Crippen LogP contribution is -2.41. The number of hydrogen-bond acceptors (Lipinski definition) is 7. The minimum atomic E-state index is -3.01. The maximum absolute atomic E-state index is 11.8. The van der Waals surface area contributed by atoms with Gasteiger partial charge in [0.1, 0.15) is 10.7 Å². The SMILES string of the molecule is CCS(=O)(=O)CCn1ccnc1C1CCN(C(=S)Nc2ccsc2C(=O)OC)CC1. The molecule has 0 bridgehead atoms. The molecule has 8 nitrogen and oxygen atoms in total. The average Bonchev–Trinajstić information content (AvgIpc) is 3.41. The number of esters is 1. The van der Waals surface area contributed by atoms with Gasteiger partial charge in [-0.15, -0.1) is 11.3 Å². The second kappa shape index (κ2) is 9.88. The van der Waals surface area contributed by atoms with Gasteiger partial charge in [-0.05, 0) is 36.5 Å². The molecule has 1 fully saturated rings. The second-order valence-corrected chi connectivity index (χ2v) is 10.8. The topological polar surface area (TPSA) is 93.5 Å². The predicted molar refractivity (Wildman–Crippen MR) is 122 cm³/mol. The van der Waals surface area contributed by atoms with Gasteiger partial charge in [0.05, 0.1) is 18.6 Å². The molecule has 11 heteroatoms. The molecule has 0 unspecified atom stereocenters. The van der Waals surface area contributed by atoms with E-state index in [-0.39, 0.29) is 23.4 Å². The summed E-state index contributed by atoms with van der Waals surface area (Å²) in [5.41, 5.74) is 0.659. The third kappa shape index (κ3) is 5.38. The number of carbonyl (C=O) groups is 1. The standard InChI is InChI=1S/C19H26N4O4S3/c1-3-30(25,26)13-11-22-10-7-20-17(22)14-4-8-23(9-5-14)19(28)21-15-6-12-29-16(15)18(24)27-2/h6-7,10,12,14H,3-5,8-9,11,13H2,1-2H3,(H,21,28). The molecule has 3 rings (SSSR count). The first-order valence-electron chi connectivity index (χ1n) is 9.77. The molecule has 2 aromatic heterocycles. The Morgan fingerprint density at radius 2 is 2.13 bits per heavy atom. The first-order valence-corrected chi connectivity index (χ1v) is 12.9. The number of rotatable bonds is 7. The van der Waals surface area contributed by atoms with E-state index in [1.165, 1.54) is 18.4 Å². The molecule has 1 aliphatic rings. The van der Waals surface area contributed by atoms with Gasteiger partial charge in [0.2, 0.25) is 0 Å². The molecular formula is C19H26N4O4S3. The lowest BCUT2D eigenvalue weighted by atomic mass is 9.96. The number of nitrogens with zero attached hydrogens (tertiary/aromatic N) is 3. The van der Waals surface area contributed by atoms with E-state index >= 15 is 0 Å². The van der Waals surface area contributed by atoms with Gasteiger partial charge in [-0.25, -0.2) is 18.2 Å². The molecule has 30 heavy (non-hydrogen) atoms. The van der Waals surface area contributed by atoms with Crippen LogP contribution in [0.3, 0.4) is 0 Å². The molecule has 0 saturated carbocycles. The number of likely N-dealkylation sites (tertiary alicyclic amines) is 1. The number of carbonyl (C=O) groups excluding carboxylic acids is 1. The molecule has 1 aliphatic heterocycles. The Bertz CT molecular complexity index is 991. The van der Waals surface area contributed by atoms with Crippen molar-refractivity contribution in [1.82, 2.24) is 14.5 Å². The van der Waals surface area contributed by atoms with E-state index in [0.717, 1.165) is 31.8 Å². The molecule has 0 aromatic carbocycles. The summed E-state index contributed by atoms with van der Waals surface area (Å²) in [5.74, 6) is 1.09. The fourth-order valence-electron chi connectivity index (χ4n) is 3.44. The smallest absolute Gasteiger partial charge is 0.350 e. The molecule has 1 saturated heterocycles. The lowest BCUT2D eigenvalue weighted by Gasteiger charge is -2.33. The number of anilines is 1. The highest BCUT2D eigenvalue weighted by atomic mass is 32.2. The van der Waals surface area contributed by atoms with Crippen molar-refractivity contribution in [2.24, 2.45) is 0 Å². The molecular weight excluding hydrogens is 444 g/mol. The van der Waals surface area contributed by atoms with Crippen molar-refractivity contribution in [3.05, 3.63) is 34.5 Å². The molecule has 2 aromatic rings. The van der Waals surface area contributed by atoms with E-state index in [0.29, 0.717) is 22.2 Å². The van der Waals surface area contributed by atoms with Crippen LogP contribution in [-0.4, -0.2) is 65.7 Å². The van der Waals surface area contributed by atoms with Crippen molar-refractivity contribution in [3.8, 4) is 0 Å². The summed E-state index contributed by atoms with van der Waals surface area (Å²) in [7, 11) is -1.66. The molecule has 1 N–H and O–H groups in total. The Hall–Kier alpha value is -1.98. The summed E-state index contributed by atoms with van der Waals surface area (Å²) in [6.07, 6.45) is 5.32. The number of thiocarbonyl (C=S) groups is 1. The Morgan fingerprint density at radius 3 is 2.80 bits per heavy atom. The van der Waals surface area contributed by atoms with Crippen molar-refractivity contribution < 1.29 is 17.9 Å². The van der Waals surface area contributed by atoms with Gasteiger partial charge in [0.25, 0.3) is 0 Å². The van der Waals surface area contributed by atoms with Crippen LogP contribution in [0.25, 0.3) is 0 Å². The summed E-state index contributed by atoms with van der Waals surface area (Å²) in [6.45, 7) is 3.61. The highest BCUT2D eigenvalue weighted by molar-refractivity contribution is 7.91. The molecule has 0 radical (unpaired) electrons. The van der Waals surface area contributed by atoms with E-state index in [1.807, 2.05) is 22.2 Å². The summed E-state index contributed by atoms with van der Waals surface area (Å²) >= 11 is 6.85. The van der Waals surface area contributed by atoms with E-state index in [9.17, 15) is 13.2 Å². The van der Waals surface area contributed by atoms with Crippen LogP contribution in [0.15, 0.2) is 23.8 Å². The van der Waals surface area contributed by atoms with Crippen molar-refractivity contribution in [3.63, 3.8) is 0 Å².